The fraction of sp³-hybridized carbons (Fsp3) is 1.00. The molecule has 0 aromatic carbocycles. The van der Waals surface area contributed by atoms with E-state index in [4.69, 9.17) is 0 Å². The molecule has 0 aromatic rings. The SMILES string of the molecule is CCC(F)(OS(C)(=O)=O)C(F)(F)C(F)(F)S. The molecule has 0 saturated carbocycles. The highest BCUT2D eigenvalue weighted by Gasteiger charge is 2.70. The molecule has 1 unspecified atom stereocenters. The first-order valence-corrected chi connectivity index (χ1v) is 6.11. The zero-order chi connectivity index (χ0) is 13.4. The van der Waals surface area contributed by atoms with Crippen molar-refractivity contribution in [1.82, 2.24) is 0 Å². The lowest BCUT2D eigenvalue weighted by Gasteiger charge is -2.33. The first-order chi connectivity index (χ1) is 6.77. The number of halogens is 5. The molecule has 1 atom stereocenters. The van der Waals surface area contributed by atoms with Gasteiger partial charge in [-0.15, -0.1) is 0 Å². The van der Waals surface area contributed by atoms with Crippen LogP contribution in [0, 0.1) is 0 Å². The standard InChI is InChI=1S/C6H9F5O3S2/c1-3-4(7,14-16(2,12)13)5(8,9)6(10,11)15/h15H,3H2,1-2H3. The Hall–Kier alpha value is -0.0900. The van der Waals surface area contributed by atoms with Crippen molar-refractivity contribution >= 4 is 22.7 Å². The summed E-state index contributed by atoms with van der Waals surface area (Å²) in [5.41, 5.74) is 0. The maximum atomic E-state index is 13.4. The number of alkyl halides is 5. The summed E-state index contributed by atoms with van der Waals surface area (Å²) in [6, 6.07) is 0. The van der Waals surface area contributed by atoms with Gasteiger partial charge in [-0.1, -0.05) is 19.6 Å². The molecule has 0 fully saturated rings. The Kier molecular flexibility index (Phi) is 4.27. The van der Waals surface area contributed by atoms with Crippen molar-refractivity contribution in [2.75, 3.05) is 6.26 Å². The molecule has 0 aliphatic rings. The minimum Gasteiger partial charge on any atom is -0.223 e. The summed E-state index contributed by atoms with van der Waals surface area (Å²) < 4.78 is 88.4. The van der Waals surface area contributed by atoms with E-state index in [1.165, 1.54) is 0 Å². The van der Waals surface area contributed by atoms with Crippen LogP contribution >= 0.6 is 12.6 Å². The number of hydrogen-bond acceptors (Lipinski definition) is 4. The van der Waals surface area contributed by atoms with Gasteiger partial charge >= 0.3 is 11.2 Å². The summed E-state index contributed by atoms with van der Waals surface area (Å²) in [6.07, 6.45) is -1.02. The van der Waals surface area contributed by atoms with Crippen LogP contribution in [0.15, 0.2) is 0 Å². The Labute approximate surface area is 94.5 Å². The molecule has 0 aliphatic carbocycles. The Balaban J connectivity index is 5.42. The predicted octanol–water partition coefficient (Wildman–Crippen LogP) is 2.20. The molecule has 16 heavy (non-hydrogen) atoms. The molecular weight excluding hydrogens is 279 g/mol. The van der Waals surface area contributed by atoms with Gasteiger partial charge in [-0.05, 0) is 0 Å². The van der Waals surface area contributed by atoms with Crippen LogP contribution in [0.4, 0.5) is 22.0 Å². The summed E-state index contributed by atoms with van der Waals surface area (Å²) in [6.45, 7) is 0.735. The minimum atomic E-state index is -5.39. The first kappa shape index (κ1) is 15.9. The Bertz CT molecular complexity index is 350. The monoisotopic (exact) mass is 288 g/mol. The Morgan fingerprint density at radius 3 is 1.75 bits per heavy atom. The van der Waals surface area contributed by atoms with E-state index in [1.54, 1.807) is 0 Å². The van der Waals surface area contributed by atoms with Crippen LogP contribution in [0.2, 0.25) is 0 Å². The molecule has 3 nitrogen and oxygen atoms in total. The smallest absolute Gasteiger partial charge is 0.223 e. The quantitative estimate of drug-likeness (QED) is 0.479. The van der Waals surface area contributed by atoms with Crippen molar-refractivity contribution in [3.63, 3.8) is 0 Å². The maximum Gasteiger partial charge on any atom is 0.377 e. The molecule has 0 saturated heterocycles. The lowest BCUT2D eigenvalue weighted by atomic mass is 10.1. The van der Waals surface area contributed by atoms with Gasteiger partial charge in [0.05, 0.1) is 6.26 Å². The van der Waals surface area contributed by atoms with Crippen molar-refractivity contribution in [1.29, 1.82) is 0 Å². The summed E-state index contributed by atoms with van der Waals surface area (Å²) in [5.74, 6) is -9.73. The van der Waals surface area contributed by atoms with Gasteiger partial charge in [-0.3, -0.25) is 0 Å². The van der Waals surface area contributed by atoms with E-state index in [0.717, 1.165) is 6.92 Å². The van der Waals surface area contributed by atoms with Crippen LogP contribution in [0.1, 0.15) is 13.3 Å². The van der Waals surface area contributed by atoms with Gasteiger partial charge < -0.3 is 0 Å². The van der Waals surface area contributed by atoms with Crippen molar-refractivity contribution < 1.29 is 34.6 Å². The lowest BCUT2D eigenvalue weighted by Crippen LogP contribution is -2.55. The van der Waals surface area contributed by atoms with Crippen LogP contribution in [-0.2, 0) is 14.3 Å². The van der Waals surface area contributed by atoms with Crippen LogP contribution in [0.3, 0.4) is 0 Å². The highest BCUT2D eigenvalue weighted by molar-refractivity contribution is 7.86. The van der Waals surface area contributed by atoms with Crippen molar-refractivity contribution in [2.24, 2.45) is 0 Å². The summed E-state index contributed by atoms with van der Waals surface area (Å²) >= 11 is 2.23. The van der Waals surface area contributed by atoms with Crippen molar-refractivity contribution in [2.45, 2.75) is 30.4 Å². The van der Waals surface area contributed by atoms with Gasteiger partial charge in [0.2, 0.25) is 0 Å². The van der Waals surface area contributed by atoms with E-state index in [2.05, 4.69) is 16.8 Å². The van der Waals surface area contributed by atoms with Gasteiger partial charge in [0.15, 0.2) is 0 Å². The lowest BCUT2D eigenvalue weighted by molar-refractivity contribution is -0.293. The number of rotatable bonds is 5. The average molecular weight is 288 g/mol. The van der Waals surface area contributed by atoms with Crippen LogP contribution in [0.5, 0.6) is 0 Å². The molecule has 0 spiro atoms. The second-order valence-electron chi connectivity index (χ2n) is 2.99. The summed E-state index contributed by atoms with van der Waals surface area (Å²) in [5, 5.41) is -5.05. The molecule has 0 bridgehead atoms. The zero-order valence-electron chi connectivity index (χ0n) is 8.18. The van der Waals surface area contributed by atoms with Crippen molar-refractivity contribution in [3.05, 3.63) is 0 Å². The highest BCUT2D eigenvalue weighted by Crippen LogP contribution is 2.49. The molecule has 0 aromatic heterocycles. The zero-order valence-corrected chi connectivity index (χ0v) is 9.89. The molecule has 0 heterocycles. The molecule has 0 amide bonds. The third kappa shape index (κ3) is 3.20. The van der Waals surface area contributed by atoms with E-state index in [1.807, 2.05) is 0 Å². The van der Waals surface area contributed by atoms with E-state index in [0.29, 0.717) is 0 Å². The molecule has 0 N–H and O–H groups in total. The topological polar surface area (TPSA) is 43.4 Å². The van der Waals surface area contributed by atoms with E-state index >= 15 is 0 Å². The number of hydrogen-bond donors (Lipinski definition) is 1. The Morgan fingerprint density at radius 2 is 1.56 bits per heavy atom. The van der Waals surface area contributed by atoms with Gasteiger partial charge in [-0.2, -0.15) is 26.0 Å². The predicted molar refractivity (Wildman–Crippen MR) is 48.9 cm³/mol. The van der Waals surface area contributed by atoms with E-state index in [9.17, 15) is 30.4 Å². The molecule has 10 heteroatoms. The van der Waals surface area contributed by atoms with Crippen LogP contribution in [0.25, 0.3) is 0 Å². The largest absolute Gasteiger partial charge is 0.377 e. The third-order valence-electron chi connectivity index (χ3n) is 1.58. The van der Waals surface area contributed by atoms with Crippen LogP contribution in [-0.4, -0.2) is 31.7 Å². The Morgan fingerprint density at radius 1 is 1.19 bits per heavy atom. The number of thiol groups is 1. The van der Waals surface area contributed by atoms with Gasteiger partial charge in [0.1, 0.15) is 0 Å². The second kappa shape index (κ2) is 4.30. The average Bonchev–Trinajstić information content (AvgIpc) is 1.98. The van der Waals surface area contributed by atoms with Crippen molar-refractivity contribution in [3.8, 4) is 0 Å². The summed E-state index contributed by atoms with van der Waals surface area (Å²) in [7, 11) is -4.66. The molecular formula is C6H9F5O3S2. The second-order valence-corrected chi connectivity index (χ2v) is 5.12. The highest BCUT2D eigenvalue weighted by atomic mass is 32.2. The van der Waals surface area contributed by atoms with Crippen LogP contribution < -0.4 is 0 Å². The van der Waals surface area contributed by atoms with Gasteiger partial charge in [0, 0.05) is 6.42 Å². The molecule has 0 radical (unpaired) electrons. The normalized spacial score (nSPS) is 18.2. The molecule has 98 valence electrons. The fourth-order valence-corrected chi connectivity index (χ4v) is 1.67. The fourth-order valence-electron chi connectivity index (χ4n) is 0.798. The molecule has 0 rings (SSSR count). The minimum absolute atomic E-state index is 0.268. The van der Waals surface area contributed by atoms with Gasteiger partial charge in [-0.25, -0.2) is 8.57 Å². The van der Waals surface area contributed by atoms with E-state index < -0.39 is 33.6 Å². The first-order valence-electron chi connectivity index (χ1n) is 3.84. The third-order valence-corrected chi connectivity index (χ3v) is 2.43. The van der Waals surface area contributed by atoms with E-state index in [-0.39, 0.29) is 6.26 Å². The van der Waals surface area contributed by atoms with Gasteiger partial charge in [0.25, 0.3) is 16.0 Å². The summed E-state index contributed by atoms with van der Waals surface area (Å²) in [4.78, 5) is 0. The maximum absolute atomic E-state index is 13.4. The molecule has 0 aliphatic heterocycles.